The molecular formula is C28H23BrCl2OS. The largest absolute Gasteiger partial charge is 0.493 e. The first-order valence-corrected chi connectivity index (χ1v) is 13.4. The van der Waals surface area contributed by atoms with E-state index in [9.17, 15) is 0 Å². The monoisotopic (exact) mass is 556 g/mol. The topological polar surface area (TPSA) is 9.23 Å². The summed E-state index contributed by atoms with van der Waals surface area (Å²) in [6, 6.07) is 24.6. The summed E-state index contributed by atoms with van der Waals surface area (Å²) in [6.07, 6.45) is 2.09. The Kier molecular flexibility index (Phi) is 7.76. The van der Waals surface area contributed by atoms with Gasteiger partial charge in [-0.25, -0.2) is 0 Å². The van der Waals surface area contributed by atoms with Crippen molar-refractivity contribution in [3.05, 3.63) is 92.9 Å². The van der Waals surface area contributed by atoms with Gasteiger partial charge in [0.1, 0.15) is 5.75 Å². The third-order valence-corrected chi connectivity index (χ3v) is 7.52. The number of aryl methyl sites for hydroxylation is 1. The summed E-state index contributed by atoms with van der Waals surface area (Å²) in [7, 11) is 0. The van der Waals surface area contributed by atoms with Gasteiger partial charge in [-0.2, -0.15) is 0 Å². The molecule has 168 valence electrons. The Labute approximate surface area is 218 Å². The Balaban J connectivity index is 1.79. The summed E-state index contributed by atoms with van der Waals surface area (Å²) < 4.78 is 6.80. The summed E-state index contributed by atoms with van der Waals surface area (Å²) in [5.41, 5.74) is 7.57. The molecule has 0 aromatic heterocycles. The Hall–Kier alpha value is -1.91. The number of halogens is 3. The van der Waals surface area contributed by atoms with Crippen molar-refractivity contribution in [2.24, 2.45) is 0 Å². The van der Waals surface area contributed by atoms with Gasteiger partial charge >= 0.3 is 0 Å². The van der Waals surface area contributed by atoms with Crippen LogP contribution in [0, 0.1) is 6.92 Å². The van der Waals surface area contributed by atoms with Gasteiger partial charge < -0.3 is 4.74 Å². The summed E-state index contributed by atoms with van der Waals surface area (Å²) in [4.78, 5) is 1.18. The molecule has 0 unspecified atom stereocenters. The van der Waals surface area contributed by atoms with Gasteiger partial charge in [0.05, 0.1) is 6.61 Å². The van der Waals surface area contributed by atoms with Crippen LogP contribution in [0.1, 0.15) is 12.5 Å². The normalized spacial score (nSPS) is 11.0. The molecule has 33 heavy (non-hydrogen) atoms. The maximum absolute atomic E-state index is 6.83. The first-order chi connectivity index (χ1) is 15.9. The second-order valence-electron chi connectivity index (χ2n) is 7.62. The number of benzene rings is 4. The highest BCUT2D eigenvalue weighted by molar-refractivity contribution is 9.10. The Bertz CT molecular complexity index is 1320. The molecule has 0 aliphatic carbocycles. The van der Waals surface area contributed by atoms with Crippen LogP contribution < -0.4 is 4.74 Å². The molecule has 0 amide bonds. The first kappa shape index (κ1) is 24.2. The average Bonchev–Trinajstić information content (AvgIpc) is 2.82. The van der Waals surface area contributed by atoms with Crippen LogP contribution >= 0.6 is 50.9 Å². The molecule has 5 heteroatoms. The predicted molar refractivity (Wildman–Crippen MR) is 148 cm³/mol. The van der Waals surface area contributed by atoms with E-state index in [1.807, 2.05) is 43.3 Å². The SMILES string of the molecule is CCOc1ccccc1-c1cc(Cl)c(-c2ccc(-c3cc(Cl)ccc3C)c(SC)c2)cc1Br. The molecule has 0 aliphatic heterocycles. The molecule has 0 bridgehead atoms. The van der Waals surface area contributed by atoms with Crippen molar-refractivity contribution in [2.75, 3.05) is 12.9 Å². The van der Waals surface area contributed by atoms with Crippen LogP contribution in [-0.4, -0.2) is 12.9 Å². The van der Waals surface area contributed by atoms with Gasteiger partial charge in [-0.15, -0.1) is 11.8 Å². The lowest BCUT2D eigenvalue weighted by Gasteiger charge is -2.16. The van der Waals surface area contributed by atoms with Crippen LogP contribution in [0.4, 0.5) is 0 Å². The minimum absolute atomic E-state index is 0.607. The van der Waals surface area contributed by atoms with Crippen LogP contribution in [0.3, 0.4) is 0 Å². The number of hydrogen-bond donors (Lipinski definition) is 0. The van der Waals surface area contributed by atoms with Gasteiger partial charge in [0.15, 0.2) is 0 Å². The molecule has 0 saturated heterocycles. The molecule has 4 rings (SSSR count). The third kappa shape index (κ3) is 5.12. The van der Waals surface area contributed by atoms with Crippen molar-refractivity contribution in [3.8, 4) is 39.1 Å². The molecule has 0 spiro atoms. The van der Waals surface area contributed by atoms with Crippen molar-refractivity contribution in [1.82, 2.24) is 0 Å². The van der Waals surface area contributed by atoms with Crippen molar-refractivity contribution in [3.63, 3.8) is 0 Å². The van der Waals surface area contributed by atoms with Crippen LogP contribution in [0.25, 0.3) is 33.4 Å². The lowest BCUT2D eigenvalue weighted by molar-refractivity contribution is 0.341. The van der Waals surface area contributed by atoms with Crippen molar-refractivity contribution < 1.29 is 4.74 Å². The van der Waals surface area contributed by atoms with Gasteiger partial charge in [0.2, 0.25) is 0 Å². The number of rotatable bonds is 6. The third-order valence-electron chi connectivity index (χ3n) is 5.54. The molecule has 0 radical (unpaired) electrons. The zero-order valence-corrected chi connectivity index (χ0v) is 22.5. The zero-order chi connectivity index (χ0) is 23.5. The van der Waals surface area contributed by atoms with Crippen LogP contribution in [0.2, 0.25) is 10.0 Å². The molecule has 4 aromatic rings. The average molecular weight is 558 g/mol. The summed E-state index contributed by atoms with van der Waals surface area (Å²) in [5.74, 6) is 0.843. The van der Waals surface area contributed by atoms with Gasteiger partial charge in [0.25, 0.3) is 0 Å². The highest BCUT2D eigenvalue weighted by atomic mass is 79.9. The van der Waals surface area contributed by atoms with E-state index in [1.165, 1.54) is 16.0 Å². The molecule has 0 fully saturated rings. The molecule has 0 N–H and O–H groups in total. The van der Waals surface area contributed by atoms with Gasteiger partial charge in [-0.3, -0.25) is 0 Å². The number of para-hydroxylation sites is 1. The number of thioether (sulfide) groups is 1. The Morgan fingerprint density at radius 2 is 1.61 bits per heavy atom. The second-order valence-corrected chi connectivity index (χ2v) is 10.2. The number of ether oxygens (including phenoxy) is 1. The summed E-state index contributed by atoms with van der Waals surface area (Å²) in [6.45, 7) is 4.70. The van der Waals surface area contributed by atoms with Crippen molar-refractivity contribution in [1.29, 1.82) is 0 Å². The molecular weight excluding hydrogens is 535 g/mol. The van der Waals surface area contributed by atoms with E-state index in [1.54, 1.807) is 11.8 Å². The van der Waals surface area contributed by atoms with E-state index in [4.69, 9.17) is 27.9 Å². The fourth-order valence-corrected chi connectivity index (χ4v) is 5.56. The fraction of sp³-hybridized carbons (Fsp3) is 0.143. The standard InChI is InChI=1S/C28H23BrCl2OS/c1-4-32-27-8-6-5-7-20(27)24-16-26(31)23(15-25(24)29)18-10-12-21(28(13-18)33-3)22-14-19(30)11-9-17(22)2/h5-16H,4H2,1-3H3. The zero-order valence-electron chi connectivity index (χ0n) is 18.6. The highest BCUT2D eigenvalue weighted by Gasteiger charge is 2.16. The quantitative estimate of drug-likeness (QED) is 0.218. The Morgan fingerprint density at radius 1 is 0.818 bits per heavy atom. The van der Waals surface area contributed by atoms with E-state index < -0.39 is 0 Å². The molecule has 4 aromatic carbocycles. The van der Waals surface area contributed by atoms with Gasteiger partial charge in [0, 0.05) is 36.1 Å². The molecule has 0 saturated carbocycles. The first-order valence-electron chi connectivity index (χ1n) is 10.6. The van der Waals surface area contributed by atoms with Gasteiger partial charge in [-0.05, 0) is 78.8 Å². The number of hydrogen-bond acceptors (Lipinski definition) is 2. The van der Waals surface area contributed by atoms with E-state index in [2.05, 4.69) is 65.5 Å². The molecule has 0 atom stereocenters. The van der Waals surface area contributed by atoms with Crippen LogP contribution in [0.15, 0.2) is 82.2 Å². The minimum Gasteiger partial charge on any atom is -0.493 e. The molecule has 0 aliphatic rings. The highest BCUT2D eigenvalue weighted by Crippen LogP contribution is 2.43. The maximum atomic E-state index is 6.83. The van der Waals surface area contributed by atoms with E-state index in [0.29, 0.717) is 11.6 Å². The summed E-state index contributed by atoms with van der Waals surface area (Å²) in [5, 5.41) is 1.43. The van der Waals surface area contributed by atoms with Crippen LogP contribution in [-0.2, 0) is 0 Å². The van der Waals surface area contributed by atoms with Crippen LogP contribution in [0.5, 0.6) is 5.75 Å². The van der Waals surface area contributed by atoms with Crippen molar-refractivity contribution >= 4 is 50.9 Å². The van der Waals surface area contributed by atoms with E-state index in [-0.39, 0.29) is 0 Å². The fourth-order valence-electron chi connectivity index (χ4n) is 3.91. The van der Waals surface area contributed by atoms with E-state index >= 15 is 0 Å². The minimum atomic E-state index is 0.607. The summed E-state index contributed by atoms with van der Waals surface area (Å²) >= 11 is 18.6. The predicted octanol–water partition coefficient (Wildman–Crippen LogP) is 10.2. The molecule has 1 nitrogen and oxygen atoms in total. The van der Waals surface area contributed by atoms with E-state index in [0.717, 1.165) is 43.1 Å². The van der Waals surface area contributed by atoms with Gasteiger partial charge in [-0.1, -0.05) is 75.5 Å². The van der Waals surface area contributed by atoms with Crippen molar-refractivity contribution in [2.45, 2.75) is 18.7 Å². The smallest absolute Gasteiger partial charge is 0.127 e. The lowest BCUT2D eigenvalue weighted by atomic mass is 9.96. The lowest BCUT2D eigenvalue weighted by Crippen LogP contribution is -1.94. The second kappa shape index (κ2) is 10.6. The maximum Gasteiger partial charge on any atom is 0.127 e. The molecule has 0 heterocycles. The Morgan fingerprint density at radius 3 is 2.36 bits per heavy atom.